The molecule has 26 heavy (non-hydrogen) atoms. The van der Waals surface area contributed by atoms with Crippen LogP contribution in [-0.4, -0.2) is 30.1 Å². The number of ether oxygens (including phenoxy) is 1. The smallest absolute Gasteiger partial charge is 0.241 e. The van der Waals surface area contributed by atoms with Gasteiger partial charge in [0.15, 0.2) is 0 Å². The zero-order valence-corrected chi connectivity index (χ0v) is 15.9. The molecule has 0 radical (unpaired) electrons. The Morgan fingerprint density at radius 2 is 1.77 bits per heavy atom. The number of benzene rings is 1. The highest BCUT2D eigenvalue weighted by molar-refractivity contribution is 5.94. The Bertz CT molecular complexity index is 665. The molecule has 1 atom stereocenters. The molecular formula is C18H24Cl2N4O2. The minimum atomic E-state index is -0.518. The van der Waals surface area contributed by atoms with Crippen LogP contribution in [0.3, 0.4) is 0 Å². The van der Waals surface area contributed by atoms with Gasteiger partial charge >= 0.3 is 0 Å². The molecule has 1 aliphatic rings. The zero-order valence-electron chi connectivity index (χ0n) is 14.3. The fraction of sp³-hybridized carbons (Fsp3) is 0.333. The third kappa shape index (κ3) is 6.14. The topological polar surface area (TPSA) is 89.3 Å². The van der Waals surface area contributed by atoms with Gasteiger partial charge < -0.3 is 21.1 Å². The summed E-state index contributed by atoms with van der Waals surface area (Å²) in [6.45, 7) is 1.35. The molecule has 1 unspecified atom stereocenters. The first-order valence-corrected chi connectivity index (χ1v) is 8.15. The van der Waals surface area contributed by atoms with E-state index in [0.717, 1.165) is 18.5 Å². The van der Waals surface area contributed by atoms with Crippen LogP contribution in [0.5, 0.6) is 0 Å². The summed E-state index contributed by atoms with van der Waals surface area (Å²) in [5, 5.41) is 6.03. The Morgan fingerprint density at radius 3 is 2.38 bits per heavy atom. The van der Waals surface area contributed by atoms with Gasteiger partial charge in [0.2, 0.25) is 5.91 Å². The number of carbonyl (C=O) groups is 1. The summed E-state index contributed by atoms with van der Waals surface area (Å²) in [4.78, 5) is 16.6. The summed E-state index contributed by atoms with van der Waals surface area (Å²) in [5.41, 5.74) is 7.67. The number of rotatable bonds is 5. The fourth-order valence-electron chi connectivity index (χ4n) is 2.73. The van der Waals surface area contributed by atoms with Crippen molar-refractivity contribution < 1.29 is 9.53 Å². The standard InChI is InChI=1S/C18H22N4O2.2ClH/c19-17(13-8-10-24-11-9-13)18(23)22-15-6-7-16(20-12-15)21-14-4-2-1-3-5-14;;/h1-7,12-13,17H,8-11,19H2,(H,20,21)(H,22,23);2*1H. The van der Waals surface area contributed by atoms with Gasteiger partial charge in [-0.15, -0.1) is 24.8 Å². The number of carbonyl (C=O) groups excluding carboxylic acids is 1. The predicted octanol–water partition coefficient (Wildman–Crippen LogP) is 3.36. The lowest BCUT2D eigenvalue weighted by atomic mass is 9.92. The molecule has 1 saturated heterocycles. The average Bonchev–Trinajstić information content (AvgIpc) is 2.64. The summed E-state index contributed by atoms with van der Waals surface area (Å²) in [7, 11) is 0. The monoisotopic (exact) mass is 398 g/mol. The van der Waals surface area contributed by atoms with Crippen molar-refractivity contribution in [3.63, 3.8) is 0 Å². The zero-order chi connectivity index (χ0) is 16.8. The van der Waals surface area contributed by atoms with Crippen LogP contribution in [0.25, 0.3) is 0 Å². The molecule has 3 rings (SSSR count). The maximum atomic E-state index is 12.3. The van der Waals surface area contributed by atoms with Gasteiger partial charge in [0.1, 0.15) is 5.82 Å². The van der Waals surface area contributed by atoms with Gasteiger partial charge in [0.05, 0.1) is 17.9 Å². The highest BCUT2D eigenvalue weighted by atomic mass is 35.5. The van der Waals surface area contributed by atoms with Crippen LogP contribution < -0.4 is 16.4 Å². The van der Waals surface area contributed by atoms with Crippen LogP contribution in [0.4, 0.5) is 17.2 Å². The summed E-state index contributed by atoms with van der Waals surface area (Å²) < 4.78 is 5.31. The lowest BCUT2D eigenvalue weighted by molar-refractivity contribution is -0.119. The van der Waals surface area contributed by atoms with Crippen molar-refractivity contribution in [2.75, 3.05) is 23.8 Å². The van der Waals surface area contributed by atoms with Crippen molar-refractivity contribution in [3.05, 3.63) is 48.7 Å². The van der Waals surface area contributed by atoms with E-state index in [9.17, 15) is 4.79 Å². The van der Waals surface area contributed by atoms with E-state index in [0.29, 0.717) is 24.7 Å². The maximum absolute atomic E-state index is 12.3. The van der Waals surface area contributed by atoms with E-state index in [1.165, 1.54) is 0 Å². The Morgan fingerprint density at radius 1 is 1.08 bits per heavy atom. The molecule has 4 N–H and O–H groups in total. The van der Waals surface area contributed by atoms with Crippen LogP contribution in [0, 0.1) is 5.92 Å². The maximum Gasteiger partial charge on any atom is 0.241 e. The molecule has 8 heteroatoms. The third-order valence-electron chi connectivity index (χ3n) is 4.15. The van der Waals surface area contributed by atoms with Crippen molar-refractivity contribution in [1.29, 1.82) is 0 Å². The molecule has 0 saturated carbocycles. The van der Waals surface area contributed by atoms with Crippen LogP contribution in [-0.2, 0) is 9.53 Å². The van der Waals surface area contributed by atoms with Crippen molar-refractivity contribution in [2.24, 2.45) is 11.7 Å². The molecule has 0 spiro atoms. The number of nitrogens with two attached hydrogens (primary N) is 1. The van der Waals surface area contributed by atoms with E-state index >= 15 is 0 Å². The number of para-hydroxylation sites is 1. The second kappa shape index (κ2) is 11.0. The predicted molar refractivity (Wildman–Crippen MR) is 109 cm³/mol. The van der Waals surface area contributed by atoms with Crippen LogP contribution in [0.2, 0.25) is 0 Å². The molecule has 1 amide bonds. The summed E-state index contributed by atoms with van der Waals surface area (Å²) >= 11 is 0. The first-order valence-electron chi connectivity index (χ1n) is 8.15. The molecule has 1 aliphatic heterocycles. The van der Waals surface area contributed by atoms with E-state index in [4.69, 9.17) is 10.5 Å². The van der Waals surface area contributed by atoms with Crippen molar-refractivity contribution in [1.82, 2.24) is 4.98 Å². The van der Waals surface area contributed by atoms with Gasteiger partial charge in [-0.25, -0.2) is 4.98 Å². The van der Waals surface area contributed by atoms with Gasteiger partial charge in [-0.1, -0.05) is 18.2 Å². The Hall–Kier alpha value is -1.86. The molecule has 142 valence electrons. The Kier molecular flexibility index (Phi) is 9.37. The average molecular weight is 399 g/mol. The molecule has 1 aromatic carbocycles. The van der Waals surface area contributed by atoms with E-state index < -0.39 is 6.04 Å². The molecule has 1 fully saturated rings. The molecule has 2 aromatic rings. The molecule has 0 bridgehead atoms. The molecule has 2 heterocycles. The minimum absolute atomic E-state index is 0. The number of amides is 1. The first-order chi connectivity index (χ1) is 11.7. The van der Waals surface area contributed by atoms with Gasteiger partial charge in [0.25, 0.3) is 0 Å². The summed E-state index contributed by atoms with van der Waals surface area (Å²) in [5.74, 6) is 0.714. The normalized spacial score (nSPS) is 15.1. The number of nitrogens with one attached hydrogen (secondary N) is 2. The second-order valence-corrected chi connectivity index (χ2v) is 5.89. The highest BCUT2D eigenvalue weighted by Crippen LogP contribution is 2.19. The van der Waals surface area contributed by atoms with Gasteiger partial charge in [-0.2, -0.15) is 0 Å². The van der Waals surface area contributed by atoms with E-state index in [-0.39, 0.29) is 36.6 Å². The first kappa shape index (κ1) is 22.2. The molecular weight excluding hydrogens is 375 g/mol. The molecule has 6 nitrogen and oxygen atoms in total. The largest absolute Gasteiger partial charge is 0.381 e. The Labute approximate surface area is 165 Å². The van der Waals surface area contributed by atoms with Crippen LogP contribution in [0.15, 0.2) is 48.7 Å². The number of halogens is 2. The molecule has 1 aromatic heterocycles. The van der Waals surface area contributed by atoms with Crippen LogP contribution >= 0.6 is 24.8 Å². The lowest BCUT2D eigenvalue weighted by Gasteiger charge is -2.26. The highest BCUT2D eigenvalue weighted by Gasteiger charge is 2.26. The van der Waals surface area contributed by atoms with E-state index in [2.05, 4.69) is 15.6 Å². The number of aromatic nitrogens is 1. The van der Waals surface area contributed by atoms with Crippen molar-refractivity contribution in [2.45, 2.75) is 18.9 Å². The summed E-state index contributed by atoms with van der Waals surface area (Å²) in [6, 6.07) is 12.9. The van der Waals surface area contributed by atoms with Crippen molar-refractivity contribution in [3.8, 4) is 0 Å². The quantitative estimate of drug-likeness (QED) is 0.718. The van der Waals surface area contributed by atoms with Crippen molar-refractivity contribution >= 4 is 47.9 Å². The third-order valence-corrected chi connectivity index (χ3v) is 4.15. The Balaban J connectivity index is 0.00000169. The number of nitrogens with zero attached hydrogens (tertiary/aromatic N) is 1. The number of hydrogen-bond acceptors (Lipinski definition) is 5. The molecule has 0 aliphatic carbocycles. The van der Waals surface area contributed by atoms with E-state index in [1.54, 1.807) is 6.20 Å². The number of pyridine rings is 1. The minimum Gasteiger partial charge on any atom is -0.381 e. The fourth-order valence-corrected chi connectivity index (χ4v) is 2.73. The number of hydrogen-bond donors (Lipinski definition) is 3. The summed E-state index contributed by atoms with van der Waals surface area (Å²) in [6.07, 6.45) is 3.28. The second-order valence-electron chi connectivity index (χ2n) is 5.89. The lowest BCUT2D eigenvalue weighted by Crippen LogP contribution is -2.44. The van der Waals surface area contributed by atoms with E-state index in [1.807, 2.05) is 42.5 Å². The SMILES string of the molecule is Cl.Cl.NC(C(=O)Nc1ccc(Nc2ccccc2)nc1)C1CCOCC1. The van der Waals surface area contributed by atoms with Crippen LogP contribution in [0.1, 0.15) is 12.8 Å². The number of anilines is 3. The van der Waals surface area contributed by atoms with Gasteiger partial charge in [0, 0.05) is 18.9 Å². The van der Waals surface area contributed by atoms with Gasteiger partial charge in [-0.3, -0.25) is 4.79 Å². The van der Waals surface area contributed by atoms with Gasteiger partial charge in [-0.05, 0) is 43.0 Å².